The first kappa shape index (κ1) is 27.4. The Balaban J connectivity index is 1.22. The molecule has 1 aromatic carbocycles. The molecule has 2 aromatic rings. The number of anilines is 2. The second-order valence-electron chi connectivity index (χ2n) is 14.3. The second-order valence-corrected chi connectivity index (χ2v) is 15.3. The van der Waals surface area contributed by atoms with Gasteiger partial charge in [-0.3, -0.25) is 0 Å². The molecule has 0 amide bonds. The van der Waals surface area contributed by atoms with Crippen LogP contribution in [0.4, 0.5) is 10.8 Å². The molecule has 2 fully saturated rings. The average Bonchev–Trinajstić information content (AvgIpc) is 3.48. The summed E-state index contributed by atoms with van der Waals surface area (Å²) >= 11 is 1.86. The molecule has 1 heterocycles. The van der Waals surface area contributed by atoms with Crippen LogP contribution in [-0.4, -0.2) is 12.1 Å². The number of hydrogen-bond donors (Lipinski definition) is 1. The molecule has 1 N–H and O–H groups in total. The van der Waals surface area contributed by atoms with Crippen molar-refractivity contribution in [1.82, 2.24) is 4.98 Å². The summed E-state index contributed by atoms with van der Waals surface area (Å²) in [5.74, 6) is 6.11. The molecular weight excluding hydrogens is 496 g/mol. The lowest BCUT2D eigenvalue weighted by atomic mass is 9.47. The first-order valence-electron chi connectivity index (χ1n) is 15.9. The molecule has 3 nitrogen and oxygen atoms in total. The summed E-state index contributed by atoms with van der Waals surface area (Å²) in [6.45, 7) is 12.7. The molecule has 0 spiro atoms. The molecule has 39 heavy (non-hydrogen) atoms. The zero-order valence-corrected chi connectivity index (χ0v) is 26.0. The highest BCUT2D eigenvalue weighted by atomic mass is 32.1. The number of nitrogens with one attached hydrogen (secondary N) is 1. The van der Waals surface area contributed by atoms with Gasteiger partial charge in [-0.15, -0.1) is 0 Å². The highest BCUT2D eigenvalue weighted by Gasteiger charge is 2.59. The number of allylic oxidation sites excluding steroid dienone is 2. The Kier molecular flexibility index (Phi) is 7.40. The lowest BCUT2D eigenvalue weighted by Crippen LogP contribution is -2.49. The van der Waals surface area contributed by atoms with Crippen molar-refractivity contribution in [2.24, 2.45) is 46.3 Å². The van der Waals surface area contributed by atoms with E-state index in [0.29, 0.717) is 10.8 Å². The topological polar surface area (TPSA) is 34.1 Å². The Morgan fingerprint density at radius 3 is 2.67 bits per heavy atom. The molecule has 4 heteroatoms. The normalized spacial score (nSPS) is 34.0. The van der Waals surface area contributed by atoms with E-state index in [0.717, 1.165) is 58.5 Å². The van der Waals surface area contributed by atoms with Crippen LogP contribution in [0.1, 0.15) is 103 Å². The van der Waals surface area contributed by atoms with Gasteiger partial charge in [-0.2, -0.15) is 0 Å². The number of methoxy groups -OCH3 is 1. The Hall–Kier alpha value is -1.81. The molecule has 7 atom stereocenters. The maximum Gasteiger partial charge on any atom is 0.188 e. The standard InChI is InChI=1S/C35H50N2OS/c1-22(2)10-9-11-23(3)25-16-17-26-24-14-15-28-32-30(19-21-35(28,5)27(24)18-20-34(25,26)4)37-33(39-32)36-29-12-7-8-13-31(29)38-6/h7-8,12-13,15,22-27H,9-11,14,16-21H2,1-6H3,(H,36,37). The van der Waals surface area contributed by atoms with E-state index in [-0.39, 0.29) is 0 Å². The first-order valence-corrected chi connectivity index (χ1v) is 16.7. The van der Waals surface area contributed by atoms with Crippen LogP contribution in [0.25, 0.3) is 5.57 Å². The predicted molar refractivity (Wildman–Crippen MR) is 166 cm³/mol. The van der Waals surface area contributed by atoms with E-state index in [1.807, 2.05) is 23.5 Å². The summed E-state index contributed by atoms with van der Waals surface area (Å²) in [6, 6.07) is 8.15. The van der Waals surface area contributed by atoms with Crippen LogP contribution in [0.5, 0.6) is 5.75 Å². The number of fused-ring (bicyclic) bond motifs is 7. The summed E-state index contributed by atoms with van der Waals surface area (Å²) < 4.78 is 5.58. The maximum absolute atomic E-state index is 5.58. The first-order chi connectivity index (χ1) is 18.7. The molecule has 0 bridgehead atoms. The van der Waals surface area contributed by atoms with Crippen LogP contribution in [0.3, 0.4) is 0 Å². The van der Waals surface area contributed by atoms with Gasteiger partial charge in [-0.25, -0.2) is 4.98 Å². The van der Waals surface area contributed by atoms with Gasteiger partial charge < -0.3 is 10.1 Å². The van der Waals surface area contributed by atoms with Gasteiger partial charge in [0.15, 0.2) is 5.13 Å². The molecule has 0 saturated heterocycles. The van der Waals surface area contributed by atoms with E-state index < -0.39 is 0 Å². The summed E-state index contributed by atoms with van der Waals surface area (Å²) in [6.07, 6.45) is 16.3. The molecule has 0 aliphatic heterocycles. The number of aromatic nitrogens is 1. The van der Waals surface area contributed by atoms with E-state index in [1.54, 1.807) is 12.7 Å². The molecule has 7 unspecified atom stereocenters. The summed E-state index contributed by atoms with van der Waals surface area (Å²) in [7, 11) is 1.73. The lowest BCUT2D eigenvalue weighted by molar-refractivity contribution is -0.0392. The van der Waals surface area contributed by atoms with E-state index in [2.05, 4.69) is 58.1 Å². The fraction of sp³-hybridized carbons (Fsp3) is 0.686. The van der Waals surface area contributed by atoms with Crippen molar-refractivity contribution in [3.63, 3.8) is 0 Å². The number of thiazole rings is 1. The van der Waals surface area contributed by atoms with E-state index in [1.165, 1.54) is 68.4 Å². The quantitative estimate of drug-likeness (QED) is 0.358. The summed E-state index contributed by atoms with van der Waals surface area (Å²) in [5, 5.41) is 4.57. The Morgan fingerprint density at radius 1 is 1.05 bits per heavy atom. The van der Waals surface area contributed by atoms with Crippen LogP contribution in [0.15, 0.2) is 30.3 Å². The van der Waals surface area contributed by atoms with Crippen molar-refractivity contribution < 1.29 is 4.74 Å². The van der Waals surface area contributed by atoms with E-state index >= 15 is 0 Å². The van der Waals surface area contributed by atoms with Crippen molar-refractivity contribution in [1.29, 1.82) is 0 Å². The molecule has 4 aliphatic rings. The van der Waals surface area contributed by atoms with Gasteiger partial charge in [0, 0.05) is 0 Å². The molecule has 4 aliphatic carbocycles. The molecule has 1 aromatic heterocycles. The number of aryl methyl sites for hydroxylation is 1. The van der Waals surface area contributed by atoms with Crippen molar-refractivity contribution >= 4 is 27.7 Å². The minimum absolute atomic E-state index is 0.298. The number of rotatable bonds is 8. The zero-order valence-electron chi connectivity index (χ0n) is 25.2. The Bertz CT molecular complexity index is 1210. The van der Waals surface area contributed by atoms with Crippen LogP contribution in [0.2, 0.25) is 0 Å². The van der Waals surface area contributed by atoms with Gasteiger partial charge >= 0.3 is 0 Å². The Morgan fingerprint density at radius 2 is 1.87 bits per heavy atom. The fourth-order valence-corrected chi connectivity index (χ4v) is 11.0. The number of para-hydroxylation sites is 2. The van der Waals surface area contributed by atoms with Crippen LogP contribution in [-0.2, 0) is 6.42 Å². The zero-order chi connectivity index (χ0) is 27.4. The average molecular weight is 547 g/mol. The predicted octanol–water partition coefficient (Wildman–Crippen LogP) is 10.2. The van der Waals surface area contributed by atoms with E-state index in [4.69, 9.17) is 9.72 Å². The molecular formula is C35H50N2OS. The molecule has 6 rings (SSSR count). The van der Waals surface area contributed by atoms with Crippen molar-refractivity contribution in [3.8, 4) is 5.75 Å². The van der Waals surface area contributed by atoms with Crippen LogP contribution >= 0.6 is 11.3 Å². The Labute approximate surface area is 241 Å². The SMILES string of the molecule is COc1ccccc1Nc1nc2c(s1)C1=CCC3C(CCC4(C)C(C(C)CCCC(C)C)CCC34)C1(C)CC2. The van der Waals surface area contributed by atoms with E-state index in [9.17, 15) is 0 Å². The van der Waals surface area contributed by atoms with Crippen molar-refractivity contribution in [2.75, 3.05) is 12.4 Å². The van der Waals surface area contributed by atoms with Gasteiger partial charge in [0.25, 0.3) is 0 Å². The van der Waals surface area contributed by atoms with Gasteiger partial charge in [0.05, 0.1) is 23.4 Å². The number of benzene rings is 1. The van der Waals surface area contributed by atoms with Crippen LogP contribution < -0.4 is 10.1 Å². The van der Waals surface area contributed by atoms with Crippen LogP contribution in [0, 0.1) is 46.3 Å². The minimum atomic E-state index is 0.298. The molecule has 2 saturated carbocycles. The number of nitrogens with zero attached hydrogens (tertiary/aromatic N) is 1. The third-order valence-corrected chi connectivity index (χ3v) is 12.9. The molecule has 0 radical (unpaired) electrons. The smallest absolute Gasteiger partial charge is 0.188 e. The number of hydrogen-bond acceptors (Lipinski definition) is 4. The third kappa shape index (κ3) is 4.67. The lowest BCUT2D eigenvalue weighted by Gasteiger charge is -2.57. The largest absolute Gasteiger partial charge is 0.495 e. The monoisotopic (exact) mass is 546 g/mol. The highest BCUT2D eigenvalue weighted by molar-refractivity contribution is 7.16. The molecule has 212 valence electrons. The van der Waals surface area contributed by atoms with Gasteiger partial charge in [-0.1, -0.05) is 83.4 Å². The maximum atomic E-state index is 5.58. The van der Waals surface area contributed by atoms with Gasteiger partial charge in [-0.05, 0) is 109 Å². The minimum Gasteiger partial charge on any atom is -0.495 e. The highest BCUT2D eigenvalue weighted by Crippen LogP contribution is 2.68. The fourth-order valence-electron chi connectivity index (χ4n) is 9.82. The van der Waals surface area contributed by atoms with Crippen molar-refractivity contribution in [3.05, 3.63) is 40.9 Å². The van der Waals surface area contributed by atoms with Gasteiger partial charge in [0.2, 0.25) is 0 Å². The van der Waals surface area contributed by atoms with Crippen molar-refractivity contribution in [2.45, 2.75) is 98.8 Å². The second kappa shape index (κ2) is 10.5. The van der Waals surface area contributed by atoms with Gasteiger partial charge in [0.1, 0.15) is 5.75 Å². The number of ether oxygens (including phenoxy) is 1. The third-order valence-electron chi connectivity index (χ3n) is 11.8. The summed E-state index contributed by atoms with van der Waals surface area (Å²) in [5.41, 5.74) is 4.77. The summed E-state index contributed by atoms with van der Waals surface area (Å²) in [4.78, 5) is 6.54.